The number of hydrogen-bond acceptors (Lipinski definition) is 8. The Bertz CT molecular complexity index is 552. The van der Waals surface area contributed by atoms with Crippen LogP contribution in [0.3, 0.4) is 0 Å². The molecule has 0 unspecified atom stereocenters. The maximum atomic E-state index is 5.82. The first kappa shape index (κ1) is 12.7. The quantitative estimate of drug-likeness (QED) is 0.610. The Morgan fingerprint density at radius 2 is 2.05 bits per heavy atom. The molecule has 0 saturated heterocycles. The smallest absolute Gasteiger partial charge is 0.323 e. The van der Waals surface area contributed by atoms with Gasteiger partial charge < -0.3 is 4.74 Å². The number of hydrogen-bond donors (Lipinski definition) is 2. The molecule has 0 aliphatic heterocycles. The van der Waals surface area contributed by atoms with E-state index >= 15 is 0 Å². The molecule has 0 spiro atoms. The molecule has 0 atom stereocenters. The largest absolute Gasteiger partial charge is 0.460 e. The third kappa shape index (κ3) is 2.82. The van der Waals surface area contributed by atoms with E-state index in [1.165, 1.54) is 36.6 Å². The Morgan fingerprint density at radius 3 is 2.75 bits per heavy atom. The first-order valence-corrected chi connectivity index (χ1v) is 6.59. The van der Waals surface area contributed by atoms with E-state index in [9.17, 15) is 0 Å². The van der Waals surface area contributed by atoms with E-state index in [-0.39, 0.29) is 18.1 Å². The number of anilines is 1. The molecule has 20 heavy (non-hydrogen) atoms. The molecule has 2 aromatic heterocycles. The molecule has 0 aromatic carbocycles. The van der Waals surface area contributed by atoms with Gasteiger partial charge in [0.2, 0.25) is 5.95 Å². The molecule has 1 aliphatic carbocycles. The molecule has 0 bridgehead atoms. The highest BCUT2D eigenvalue weighted by molar-refractivity contribution is 5.28. The minimum Gasteiger partial charge on any atom is -0.460 e. The highest BCUT2D eigenvalue weighted by Crippen LogP contribution is 2.22. The number of aromatic nitrogens is 6. The van der Waals surface area contributed by atoms with Gasteiger partial charge >= 0.3 is 6.01 Å². The van der Waals surface area contributed by atoms with Crippen LogP contribution < -0.4 is 16.0 Å². The van der Waals surface area contributed by atoms with E-state index in [4.69, 9.17) is 10.6 Å². The van der Waals surface area contributed by atoms with Crippen LogP contribution >= 0.6 is 0 Å². The van der Waals surface area contributed by atoms with Gasteiger partial charge in [0.15, 0.2) is 0 Å². The second kappa shape index (κ2) is 5.78. The standard InChI is InChI=1S/C11H16N8O/c12-18-9-15-10(19-7-13-6-14-19)17-11(16-9)20-8-4-2-1-3-5-8/h6-8H,1-5,12H2,(H,15,16,17,18). The van der Waals surface area contributed by atoms with Crippen LogP contribution in [0, 0.1) is 0 Å². The van der Waals surface area contributed by atoms with Crippen molar-refractivity contribution in [2.24, 2.45) is 5.84 Å². The van der Waals surface area contributed by atoms with E-state index in [0.29, 0.717) is 5.95 Å². The predicted molar refractivity (Wildman–Crippen MR) is 70.1 cm³/mol. The summed E-state index contributed by atoms with van der Waals surface area (Å²) in [5, 5.41) is 3.98. The molecule has 2 heterocycles. The zero-order chi connectivity index (χ0) is 13.8. The summed E-state index contributed by atoms with van der Waals surface area (Å²) < 4.78 is 7.24. The lowest BCUT2D eigenvalue weighted by molar-refractivity contribution is 0.141. The van der Waals surface area contributed by atoms with E-state index in [1.54, 1.807) is 0 Å². The van der Waals surface area contributed by atoms with Crippen molar-refractivity contribution in [2.75, 3.05) is 5.43 Å². The predicted octanol–water partition coefficient (Wildman–Crippen LogP) is 0.449. The molecule has 106 valence electrons. The van der Waals surface area contributed by atoms with Crippen molar-refractivity contribution in [3.05, 3.63) is 12.7 Å². The van der Waals surface area contributed by atoms with Crippen molar-refractivity contribution in [1.82, 2.24) is 29.7 Å². The highest BCUT2D eigenvalue weighted by atomic mass is 16.5. The summed E-state index contributed by atoms with van der Waals surface area (Å²) in [5.41, 5.74) is 2.40. The monoisotopic (exact) mass is 276 g/mol. The molecule has 2 aromatic rings. The summed E-state index contributed by atoms with van der Waals surface area (Å²) in [4.78, 5) is 16.3. The summed E-state index contributed by atoms with van der Waals surface area (Å²) in [6.45, 7) is 0. The molecule has 9 nitrogen and oxygen atoms in total. The second-order valence-corrected chi connectivity index (χ2v) is 4.60. The van der Waals surface area contributed by atoms with Crippen LogP contribution in [0.1, 0.15) is 32.1 Å². The third-order valence-corrected chi connectivity index (χ3v) is 3.18. The fourth-order valence-electron chi connectivity index (χ4n) is 2.21. The molecule has 3 rings (SSSR count). The van der Waals surface area contributed by atoms with Gasteiger partial charge in [0, 0.05) is 0 Å². The Morgan fingerprint density at radius 1 is 1.20 bits per heavy atom. The van der Waals surface area contributed by atoms with Gasteiger partial charge in [-0.1, -0.05) is 6.42 Å². The van der Waals surface area contributed by atoms with Gasteiger partial charge in [-0.05, 0) is 25.7 Å². The number of nitrogen functional groups attached to an aromatic ring is 1. The van der Waals surface area contributed by atoms with Crippen molar-refractivity contribution in [2.45, 2.75) is 38.2 Å². The maximum absolute atomic E-state index is 5.82. The summed E-state index contributed by atoms with van der Waals surface area (Å²) >= 11 is 0. The Balaban J connectivity index is 1.84. The minimum absolute atomic E-state index is 0.153. The number of nitrogens with one attached hydrogen (secondary N) is 1. The lowest BCUT2D eigenvalue weighted by atomic mass is 9.98. The van der Waals surface area contributed by atoms with Crippen LogP contribution in [0.15, 0.2) is 12.7 Å². The van der Waals surface area contributed by atoms with Crippen LogP contribution in [-0.2, 0) is 0 Å². The van der Waals surface area contributed by atoms with Crippen LogP contribution in [0.2, 0.25) is 0 Å². The van der Waals surface area contributed by atoms with Gasteiger partial charge in [-0.15, -0.1) is 0 Å². The van der Waals surface area contributed by atoms with Crippen LogP contribution in [-0.4, -0.2) is 35.8 Å². The zero-order valence-electron chi connectivity index (χ0n) is 10.9. The van der Waals surface area contributed by atoms with Gasteiger partial charge in [-0.25, -0.2) is 10.8 Å². The van der Waals surface area contributed by atoms with E-state index in [0.717, 1.165) is 12.8 Å². The van der Waals surface area contributed by atoms with Crippen molar-refractivity contribution in [1.29, 1.82) is 0 Å². The van der Waals surface area contributed by atoms with E-state index < -0.39 is 0 Å². The number of hydrazine groups is 1. The normalized spacial score (nSPS) is 16.1. The highest BCUT2D eigenvalue weighted by Gasteiger charge is 2.18. The summed E-state index contributed by atoms with van der Waals surface area (Å²) in [5.74, 6) is 5.92. The number of ether oxygens (including phenoxy) is 1. The average molecular weight is 276 g/mol. The number of rotatable bonds is 4. The van der Waals surface area contributed by atoms with Gasteiger partial charge in [0.1, 0.15) is 18.8 Å². The maximum Gasteiger partial charge on any atom is 0.323 e. The van der Waals surface area contributed by atoms with Crippen molar-refractivity contribution in [3.8, 4) is 12.0 Å². The summed E-state index contributed by atoms with van der Waals surface area (Å²) in [6, 6.07) is 0.255. The fraction of sp³-hybridized carbons (Fsp3) is 0.545. The Kier molecular flexibility index (Phi) is 3.68. The molecule has 1 aliphatic rings. The van der Waals surface area contributed by atoms with Gasteiger partial charge in [-0.2, -0.15) is 24.7 Å². The molecule has 1 fully saturated rings. The van der Waals surface area contributed by atoms with E-state index in [1.807, 2.05) is 0 Å². The lowest BCUT2D eigenvalue weighted by Gasteiger charge is -2.21. The van der Waals surface area contributed by atoms with Crippen molar-refractivity contribution < 1.29 is 4.74 Å². The van der Waals surface area contributed by atoms with Crippen molar-refractivity contribution in [3.63, 3.8) is 0 Å². The summed E-state index contributed by atoms with van der Waals surface area (Å²) in [7, 11) is 0. The molecule has 1 saturated carbocycles. The molecule has 0 amide bonds. The van der Waals surface area contributed by atoms with Crippen molar-refractivity contribution >= 4 is 5.95 Å². The van der Waals surface area contributed by atoms with Gasteiger partial charge in [0.05, 0.1) is 0 Å². The third-order valence-electron chi connectivity index (χ3n) is 3.18. The number of nitrogens with two attached hydrogens (primary N) is 1. The second-order valence-electron chi connectivity index (χ2n) is 4.60. The molecule has 3 N–H and O–H groups in total. The summed E-state index contributed by atoms with van der Waals surface area (Å²) in [6.07, 6.45) is 8.71. The average Bonchev–Trinajstić information content (AvgIpc) is 3.02. The Labute approximate surface area is 115 Å². The van der Waals surface area contributed by atoms with E-state index in [2.05, 4.69) is 30.5 Å². The topological polar surface area (TPSA) is 117 Å². The first-order chi connectivity index (χ1) is 9.85. The SMILES string of the molecule is NNc1nc(OC2CCCCC2)nc(-n2cncn2)n1. The first-order valence-electron chi connectivity index (χ1n) is 6.59. The Hall–Kier alpha value is -2.29. The van der Waals surface area contributed by atoms with Crippen LogP contribution in [0.4, 0.5) is 5.95 Å². The molecular formula is C11H16N8O. The van der Waals surface area contributed by atoms with Gasteiger partial charge in [-0.3, -0.25) is 5.43 Å². The molecule has 9 heteroatoms. The van der Waals surface area contributed by atoms with Gasteiger partial charge in [0.25, 0.3) is 5.95 Å². The number of nitrogens with zero attached hydrogens (tertiary/aromatic N) is 6. The minimum atomic E-state index is 0.153. The van der Waals surface area contributed by atoms with Crippen LogP contribution in [0.5, 0.6) is 6.01 Å². The molecule has 0 radical (unpaired) electrons. The lowest BCUT2D eigenvalue weighted by Crippen LogP contribution is -2.22. The fourth-order valence-corrected chi connectivity index (χ4v) is 2.21. The van der Waals surface area contributed by atoms with Crippen LogP contribution in [0.25, 0.3) is 5.95 Å². The molecular weight excluding hydrogens is 260 g/mol. The zero-order valence-corrected chi connectivity index (χ0v) is 10.9.